The molecule has 0 amide bonds. The molecule has 0 saturated carbocycles. The van der Waals surface area contributed by atoms with Gasteiger partial charge in [0.15, 0.2) is 0 Å². The molecule has 1 aromatic rings. The average molecular weight is 279 g/mol. The Hall–Kier alpha value is -0.830. The van der Waals surface area contributed by atoms with Crippen molar-refractivity contribution in [1.29, 1.82) is 0 Å². The molecule has 20 heavy (non-hydrogen) atoms. The van der Waals surface area contributed by atoms with Crippen LogP contribution < -0.4 is 5.32 Å². The third-order valence-corrected chi connectivity index (χ3v) is 4.09. The molecule has 1 heterocycles. The van der Waals surface area contributed by atoms with Gasteiger partial charge in [-0.3, -0.25) is 0 Å². The van der Waals surface area contributed by atoms with Gasteiger partial charge < -0.3 is 9.88 Å². The van der Waals surface area contributed by atoms with Crippen molar-refractivity contribution in [2.45, 2.75) is 78.8 Å². The van der Waals surface area contributed by atoms with Crippen LogP contribution in [0.1, 0.15) is 65.6 Å². The topological polar surface area (TPSA) is 29.9 Å². The minimum absolute atomic E-state index is 0.572. The van der Waals surface area contributed by atoms with Gasteiger partial charge in [0.05, 0.1) is 0 Å². The van der Waals surface area contributed by atoms with E-state index in [-0.39, 0.29) is 0 Å². The van der Waals surface area contributed by atoms with E-state index in [0.717, 1.165) is 25.4 Å². The first-order valence-corrected chi connectivity index (χ1v) is 8.50. The van der Waals surface area contributed by atoms with Crippen molar-refractivity contribution >= 4 is 0 Å². The van der Waals surface area contributed by atoms with Crippen molar-refractivity contribution in [3.63, 3.8) is 0 Å². The SMILES string of the molecule is CCCNC(Cc1nccn1CC)C(CCC)CCC. The van der Waals surface area contributed by atoms with Gasteiger partial charge >= 0.3 is 0 Å². The molecule has 0 aliphatic heterocycles. The quantitative estimate of drug-likeness (QED) is 0.663. The van der Waals surface area contributed by atoms with Crippen LogP contribution in [0.4, 0.5) is 0 Å². The van der Waals surface area contributed by atoms with Crippen LogP contribution in [-0.4, -0.2) is 22.1 Å². The highest BCUT2D eigenvalue weighted by molar-refractivity contribution is 4.97. The van der Waals surface area contributed by atoms with E-state index < -0.39 is 0 Å². The maximum atomic E-state index is 4.56. The van der Waals surface area contributed by atoms with Crippen LogP contribution >= 0.6 is 0 Å². The molecular formula is C17H33N3. The van der Waals surface area contributed by atoms with Gasteiger partial charge in [-0.15, -0.1) is 0 Å². The molecule has 0 aromatic carbocycles. The molecule has 0 spiro atoms. The van der Waals surface area contributed by atoms with Crippen LogP contribution in [0.15, 0.2) is 12.4 Å². The van der Waals surface area contributed by atoms with Crippen molar-refractivity contribution in [2.24, 2.45) is 5.92 Å². The fourth-order valence-electron chi connectivity index (χ4n) is 3.04. The third-order valence-electron chi connectivity index (χ3n) is 4.09. The van der Waals surface area contributed by atoms with E-state index in [9.17, 15) is 0 Å². The fourth-order valence-corrected chi connectivity index (χ4v) is 3.04. The predicted molar refractivity (Wildman–Crippen MR) is 87.0 cm³/mol. The normalized spacial score (nSPS) is 13.1. The molecule has 116 valence electrons. The Balaban J connectivity index is 2.75. The van der Waals surface area contributed by atoms with Gasteiger partial charge in [-0.25, -0.2) is 4.98 Å². The van der Waals surface area contributed by atoms with E-state index >= 15 is 0 Å². The summed E-state index contributed by atoms with van der Waals surface area (Å²) in [6.07, 6.45) is 11.5. The molecule has 0 aliphatic rings. The fraction of sp³-hybridized carbons (Fsp3) is 0.824. The van der Waals surface area contributed by atoms with Crippen LogP contribution in [0.2, 0.25) is 0 Å². The van der Waals surface area contributed by atoms with Crippen molar-refractivity contribution in [3.8, 4) is 0 Å². The van der Waals surface area contributed by atoms with Crippen molar-refractivity contribution in [1.82, 2.24) is 14.9 Å². The predicted octanol–water partition coefficient (Wildman–Crippen LogP) is 4.03. The van der Waals surface area contributed by atoms with Gasteiger partial charge in [0.1, 0.15) is 5.82 Å². The van der Waals surface area contributed by atoms with Gasteiger partial charge in [0.25, 0.3) is 0 Å². The molecule has 1 atom stereocenters. The lowest BCUT2D eigenvalue weighted by molar-refractivity contribution is 0.303. The minimum Gasteiger partial charge on any atom is -0.335 e. The Morgan fingerprint density at radius 3 is 2.35 bits per heavy atom. The summed E-state index contributed by atoms with van der Waals surface area (Å²) in [4.78, 5) is 4.56. The van der Waals surface area contributed by atoms with Gasteiger partial charge in [-0.2, -0.15) is 0 Å². The summed E-state index contributed by atoms with van der Waals surface area (Å²) in [5, 5.41) is 3.78. The number of imidazole rings is 1. The largest absolute Gasteiger partial charge is 0.335 e. The zero-order valence-electron chi connectivity index (χ0n) is 13.9. The third kappa shape index (κ3) is 5.28. The number of hydrogen-bond acceptors (Lipinski definition) is 2. The molecule has 0 radical (unpaired) electrons. The second-order valence-corrected chi connectivity index (χ2v) is 5.73. The highest BCUT2D eigenvalue weighted by atomic mass is 15.1. The first kappa shape index (κ1) is 17.2. The van der Waals surface area contributed by atoms with E-state index in [1.54, 1.807) is 0 Å². The van der Waals surface area contributed by atoms with Gasteiger partial charge in [0.2, 0.25) is 0 Å². The van der Waals surface area contributed by atoms with E-state index in [1.165, 1.54) is 37.9 Å². The number of hydrogen-bond donors (Lipinski definition) is 1. The Bertz CT molecular complexity index is 340. The molecule has 0 aliphatic carbocycles. The van der Waals surface area contributed by atoms with E-state index in [0.29, 0.717) is 6.04 Å². The average Bonchev–Trinajstić information content (AvgIpc) is 2.90. The lowest BCUT2D eigenvalue weighted by Gasteiger charge is -2.28. The van der Waals surface area contributed by atoms with Gasteiger partial charge in [-0.1, -0.05) is 33.6 Å². The maximum Gasteiger partial charge on any atom is 0.110 e. The first-order chi connectivity index (χ1) is 9.76. The van der Waals surface area contributed by atoms with Crippen molar-refractivity contribution in [3.05, 3.63) is 18.2 Å². The van der Waals surface area contributed by atoms with Crippen molar-refractivity contribution < 1.29 is 0 Å². The zero-order chi connectivity index (χ0) is 14.8. The monoisotopic (exact) mass is 279 g/mol. The molecule has 1 rings (SSSR count). The Kier molecular flexibility index (Phi) is 8.59. The zero-order valence-corrected chi connectivity index (χ0v) is 13.9. The molecular weight excluding hydrogens is 246 g/mol. The smallest absolute Gasteiger partial charge is 0.110 e. The number of rotatable bonds is 11. The lowest BCUT2D eigenvalue weighted by atomic mass is 9.88. The van der Waals surface area contributed by atoms with E-state index in [1.807, 2.05) is 6.20 Å². The molecule has 0 saturated heterocycles. The summed E-state index contributed by atoms with van der Waals surface area (Å²) in [5.41, 5.74) is 0. The van der Waals surface area contributed by atoms with E-state index in [4.69, 9.17) is 0 Å². The van der Waals surface area contributed by atoms with Crippen LogP contribution in [0.25, 0.3) is 0 Å². The minimum atomic E-state index is 0.572. The summed E-state index contributed by atoms with van der Waals surface area (Å²) in [6.45, 7) is 11.2. The number of nitrogens with one attached hydrogen (secondary N) is 1. The Labute approximate surface area is 125 Å². The summed E-state index contributed by atoms with van der Waals surface area (Å²) in [7, 11) is 0. The summed E-state index contributed by atoms with van der Waals surface area (Å²) in [5.74, 6) is 2.01. The number of nitrogens with zero attached hydrogens (tertiary/aromatic N) is 2. The molecule has 0 fully saturated rings. The highest BCUT2D eigenvalue weighted by Gasteiger charge is 2.21. The van der Waals surface area contributed by atoms with Crippen LogP contribution in [0.5, 0.6) is 0 Å². The van der Waals surface area contributed by atoms with Gasteiger partial charge in [-0.05, 0) is 38.6 Å². The summed E-state index contributed by atoms with van der Waals surface area (Å²) < 4.78 is 2.27. The Morgan fingerprint density at radius 1 is 1.10 bits per heavy atom. The van der Waals surface area contributed by atoms with Crippen molar-refractivity contribution in [2.75, 3.05) is 6.54 Å². The maximum absolute atomic E-state index is 4.56. The Morgan fingerprint density at radius 2 is 1.80 bits per heavy atom. The second-order valence-electron chi connectivity index (χ2n) is 5.73. The highest BCUT2D eigenvalue weighted by Crippen LogP contribution is 2.21. The summed E-state index contributed by atoms with van der Waals surface area (Å²) >= 11 is 0. The summed E-state index contributed by atoms with van der Waals surface area (Å²) in [6, 6.07) is 0.572. The van der Waals surface area contributed by atoms with E-state index in [2.05, 4.69) is 48.8 Å². The molecule has 1 aromatic heterocycles. The van der Waals surface area contributed by atoms with Crippen LogP contribution in [-0.2, 0) is 13.0 Å². The molecule has 1 N–H and O–H groups in total. The molecule has 0 bridgehead atoms. The first-order valence-electron chi connectivity index (χ1n) is 8.50. The number of aromatic nitrogens is 2. The molecule has 3 nitrogen and oxygen atoms in total. The van der Waals surface area contributed by atoms with Gasteiger partial charge in [0, 0.05) is 31.4 Å². The molecule has 1 unspecified atom stereocenters. The number of aryl methyl sites for hydroxylation is 1. The lowest BCUT2D eigenvalue weighted by Crippen LogP contribution is -2.39. The molecule has 3 heteroatoms. The van der Waals surface area contributed by atoms with Crippen LogP contribution in [0, 0.1) is 5.92 Å². The standard InChI is InChI=1S/C17H33N3/c1-5-9-15(10-6-2)16(18-11-7-3)14-17-19-12-13-20(17)8-4/h12-13,15-16,18H,5-11,14H2,1-4H3. The van der Waals surface area contributed by atoms with Crippen LogP contribution in [0.3, 0.4) is 0 Å². The second kappa shape index (κ2) is 9.98.